The maximum absolute atomic E-state index is 12.8. The van der Waals surface area contributed by atoms with E-state index in [1.165, 1.54) is 0 Å². The lowest BCUT2D eigenvalue weighted by molar-refractivity contribution is -0.147. The molecule has 4 unspecified atom stereocenters. The highest BCUT2D eigenvalue weighted by atomic mass is 32.1. The van der Waals surface area contributed by atoms with E-state index in [9.17, 15) is 24.0 Å². The van der Waals surface area contributed by atoms with Crippen LogP contribution in [-0.4, -0.2) is 76.3 Å². The van der Waals surface area contributed by atoms with Crippen LogP contribution < -0.4 is 27.4 Å². The van der Waals surface area contributed by atoms with Crippen molar-refractivity contribution in [3.8, 4) is 0 Å². The monoisotopic (exact) mass is 463 g/mol. The minimum atomic E-state index is -1.66. The number of thiol groups is 1. The fourth-order valence-electron chi connectivity index (χ4n) is 2.55. The van der Waals surface area contributed by atoms with Gasteiger partial charge < -0.3 is 37.6 Å². The molecule has 0 spiro atoms. The van der Waals surface area contributed by atoms with Gasteiger partial charge in [0, 0.05) is 5.75 Å². The van der Waals surface area contributed by atoms with E-state index in [1.807, 2.05) is 0 Å². The van der Waals surface area contributed by atoms with Crippen LogP contribution in [-0.2, 0) is 24.0 Å². The first-order valence-corrected chi connectivity index (χ1v) is 10.5. The number of carboxylic acid groups (broad SMARTS) is 2. The van der Waals surface area contributed by atoms with Crippen LogP contribution in [0.15, 0.2) is 0 Å². The highest BCUT2D eigenvalue weighted by Crippen LogP contribution is 2.07. The molecule has 9 N–H and O–H groups in total. The quantitative estimate of drug-likeness (QED) is 0.0998. The Morgan fingerprint density at radius 3 is 1.94 bits per heavy atom. The summed E-state index contributed by atoms with van der Waals surface area (Å²) in [5.41, 5.74) is 11.1. The van der Waals surface area contributed by atoms with Gasteiger partial charge in [-0.15, -0.1) is 0 Å². The molecule has 0 aromatic rings. The average molecular weight is 464 g/mol. The fraction of sp³-hybridized carbons (Fsp3) is 0.722. The summed E-state index contributed by atoms with van der Waals surface area (Å²) in [7, 11) is 0. The zero-order valence-corrected chi connectivity index (χ0v) is 18.6. The summed E-state index contributed by atoms with van der Waals surface area (Å²) in [6, 6.07) is -4.73. The number of unbranched alkanes of at least 4 members (excludes halogenated alkanes) is 1. The zero-order chi connectivity index (χ0) is 24.1. The molecule has 0 aliphatic rings. The lowest BCUT2D eigenvalue weighted by Gasteiger charge is -2.27. The number of hydrogen-bond donors (Lipinski definition) is 8. The van der Waals surface area contributed by atoms with Gasteiger partial charge in [0.25, 0.3) is 0 Å². The fourth-order valence-corrected chi connectivity index (χ4v) is 2.71. The summed E-state index contributed by atoms with van der Waals surface area (Å²) in [5.74, 6) is -5.39. The third-order valence-electron chi connectivity index (χ3n) is 4.35. The Hall–Kier alpha value is -2.38. The van der Waals surface area contributed by atoms with Crippen molar-refractivity contribution >= 4 is 42.3 Å². The first-order valence-electron chi connectivity index (χ1n) is 9.86. The highest BCUT2D eigenvalue weighted by Gasteiger charge is 2.32. The van der Waals surface area contributed by atoms with Crippen molar-refractivity contribution in [2.45, 2.75) is 63.7 Å². The number of aliphatic carboxylic acids is 2. The molecule has 0 bridgehead atoms. The second-order valence-electron chi connectivity index (χ2n) is 7.36. The van der Waals surface area contributed by atoms with Crippen LogP contribution in [0.3, 0.4) is 0 Å². The molecule has 0 aromatic heterocycles. The maximum Gasteiger partial charge on any atom is 0.326 e. The summed E-state index contributed by atoms with van der Waals surface area (Å²) in [6.45, 7) is 3.64. The Labute approximate surface area is 186 Å². The van der Waals surface area contributed by atoms with Gasteiger partial charge in [0.05, 0.1) is 12.5 Å². The van der Waals surface area contributed by atoms with E-state index in [2.05, 4.69) is 28.6 Å². The first kappa shape index (κ1) is 28.6. The number of amides is 3. The predicted molar refractivity (Wildman–Crippen MR) is 115 cm³/mol. The second-order valence-corrected chi connectivity index (χ2v) is 7.73. The number of hydrogen-bond acceptors (Lipinski definition) is 8. The van der Waals surface area contributed by atoms with Crippen molar-refractivity contribution in [1.29, 1.82) is 0 Å². The minimum Gasteiger partial charge on any atom is -0.481 e. The molecule has 0 heterocycles. The lowest BCUT2D eigenvalue weighted by atomic mass is 10.0. The SMILES string of the molecule is CC(C)C(NC(=O)C(CCCCN)NC(=O)C(N)CS)C(=O)NC(CC(=O)O)C(=O)O. The summed E-state index contributed by atoms with van der Waals surface area (Å²) < 4.78 is 0. The Morgan fingerprint density at radius 1 is 0.903 bits per heavy atom. The van der Waals surface area contributed by atoms with Crippen molar-refractivity contribution in [3.63, 3.8) is 0 Å². The van der Waals surface area contributed by atoms with Crippen LogP contribution in [0.4, 0.5) is 0 Å². The van der Waals surface area contributed by atoms with Crippen LogP contribution in [0, 0.1) is 5.92 Å². The third kappa shape index (κ3) is 11.0. The number of rotatable bonds is 15. The molecule has 12 nitrogen and oxygen atoms in total. The van der Waals surface area contributed by atoms with Gasteiger partial charge in [-0.05, 0) is 31.7 Å². The van der Waals surface area contributed by atoms with E-state index in [1.54, 1.807) is 13.8 Å². The molecule has 178 valence electrons. The van der Waals surface area contributed by atoms with Crippen molar-refractivity contribution in [2.24, 2.45) is 17.4 Å². The molecule has 31 heavy (non-hydrogen) atoms. The number of nitrogens with one attached hydrogen (secondary N) is 3. The van der Waals surface area contributed by atoms with Gasteiger partial charge in [-0.1, -0.05) is 13.8 Å². The van der Waals surface area contributed by atoms with Crippen LogP contribution >= 0.6 is 12.6 Å². The Kier molecular flexibility index (Phi) is 13.5. The standard InChI is InChI=1S/C18H33N5O7S/c1-9(2)14(17(28)22-12(18(29)30)7-13(24)25)23-16(27)11(5-3-4-6-19)21-15(26)10(20)8-31/h9-12,14,31H,3-8,19-20H2,1-2H3,(H,21,26)(H,22,28)(H,23,27)(H,24,25)(H,29,30). The molecular formula is C18H33N5O7S. The molecule has 0 radical (unpaired) electrons. The van der Waals surface area contributed by atoms with Crippen molar-refractivity contribution in [1.82, 2.24) is 16.0 Å². The number of carboxylic acids is 2. The van der Waals surface area contributed by atoms with Crippen LogP contribution in [0.1, 0.15) is 39.5 Å². The van der Waals surface area contributed by atoms with Gasteiger partial charge in [-0.3, -0.25) is 19.2 Å². The van der Waals surface area contributed by atoms with Gasteiger partial charge in [0.15, 0.2) is 0 Å². The van der Waals surface area contributed by atoms with Gasteiger partial charge in [-0.2, -0.15) is 12.6 Å². The second kappa shape index (κ2) is 14.6. The number of carbonyl (C=O) groups is 5. The molecule has 0 aliphatic carbocycles. The Bertz CT molecular complexity index is 647. The smallest absolute Gasteiger partial charge is 0.326 e. The molecule has 3 amide bonds. The van der Waals surface area contributed by atoms with E-state index in [0.717, 1.165) is 0 Å². The lowest BCUT2D eigenvalue weighted by Crippen LogP contribution is -2.58. The van der Waals surface area contributed by atoms with E-state index in [4.69, 9.17) is 21.7 Å². The molecule has 0 rings (SSSR count). The van der Waals surface area contributed by atoms with Gasteiger partial charge in [-0.25, -0.2) is 4.79 Å². The van der Waals surface area contributed by atoms with Crippen molar-refractivity contribution < 1.29 is 34.2 Å². The summed E-state index contributed by atoms with van der Waals surface area (Å²) >= 11 is 3.95. The Balaban J connectivity index is 5.38. The molecular weight excluding hydrogens is 430 g/mol. The molecule has 0 aliphatic heterocycles. The number of nitrogens with two attached hydrogens (primary N) is 2. The minimum absolute atomic E-state index is 0.0696. The van der Waals surface area contributed by atoms with Crippen LogP contribution in [0.5, 0.6) is 0 Å². The van der Waals surface area contributed by atoms with Gasteiger partial charge >= 0.3 is 11.9 Å². The Morgan fingerprint density at radius 2 is 1.48 bits per heavy atom. The van der Waals surface area contributed by atoms with Gasteiger partial charge in [0.1, 0.15) is 18.1 Å². The van der Waals surface area contributed by atoms with Crippen molar-refractivity contribution in [2.75, 3.05) is 12.3 Å². The molecule has 0 fully saturated rings. The number of carbonyl (C=O) groups excluding carboxylic acids is 3. The highest BCUT2D eigenvalue weighted by molar-refractivity contribution is 7.80. The molecule has 0 aromatic carbocycles. The van der Waals surface area contributed by atoms with Crippen LogP contribution in [0.2, 0.25) is 0 Å². The summed E-state index contributed by atoms with van der Waals surface area (Å²) in [4.78, 5) is 59.5. The normalized spacial score (nSPS) is 14.8. The topological polar surface area (TPSA) is 214 Å². The van der Waals surface area contributed by atoms with Crippen LogP contribution in [0.25, 0.3) is 0 Å². The van der Waals surface area contributed by atoms with E-state index in [0.29, 0.717) is 19.4 Å². The third-order valence-corrected chi connectivity index (χ3v) is 4.75. The molecule has 0 saturated carbocycles. The van der Waals surface area contributed by atoms with E-state index >= 15 is 0 Å². The molecule has 0 saturated heterocycles. The largest absolute Gasteiger partial charge is 0.481 e. The predicted octanol–water partition coefficient (Wildman–Crippen LogP) is -1.96. The van der Waals surface area contributed by atoms with Crippen molar-refractivity contribution in [3.05, 3.63) is 0 Å². The summed E-state index contributed by atoms with van der Waals surface area (Å²) in [6.07, 6.45) is 0.571. The van der Waals surface area contributed by atoms with Gasteiger partial charge in [0.2, 0.25) is 17.7 Å². The van der Waals surface area contributed by atoms with E-state index in [-0.39, 0.29) is 12.2 Å². The first-order chi connectivity index (χ1) is 14.4. The maximum atomic E-state index is 12.8. The van der Waals surface area contributed by atoms with E-state index < -0.39 is 66.2 Å². The molecule has 4 atom stereocenters. The average Bonchev–Trinajstić information content (AvgIpc) is 2.68. The summed E-state index contributed by atoms with van der Waals surface area (Å²) in [5, 5.41) is 25.1. The molecule has 13 heteroatoms. The zero-order valence-electron chi connectivity index (χ0n) is 17.7.